The molecule has 5 rings (SSSR count). The molecule has 0 fully saturated rings. The molecule has 38 heavy (non-hydrogen) atoms. The standard InChI is InChI=1S/C32H31ClN2O2S/c1-19-5-4-15-32(2,3)29(19)31(37)21-7-13-28-25(18-21)24-17-20(6-12-27(24)35-28)30(36)26(34)14-16-38-23-10-8-22(33)9-11-23/h4,6-13,15,17-19,29,34-35H,5,14,16H2,1-3H3. The molecule has 1 aliphatic rings. The molecule has 0 radical (unpaired) electrons. The van der Waals surface area contributed by atoms with Crippen molar-refractivity contribution < 1.29 is 9.59 Å². The minimum absolute atomic E-state index is 0.0847. The minimum atomic E-state index is -0.269. The number of halogens is 1. The Kier molecular flexibility index (Phi) is 7.34. The molecule has 1 aromatic heterocycles. The second kappa shape index (κ2) is 10.5. The maximum atomic E-state index is 13.7. The molecule has 2 unspecified atom stereocenters. The van der Waals surface area contributed by atoms with Crippen LogP contribution in [0.1, 0.15) is 54.3 Å². The van der Waals surface area contributed by atoms with Gasteiger partial charge in [0, 0.05) is 60.9 Å². The lowest BCUT2D eigenvalue weighted by Crippen LogP contribution is -2.36. The van der Waals surface area contributed by atoms with E-state index in [1.165, 1.54) is 0 Å². The Morgan fingerprint density at radius 2 is 1.63 bits per heavy atom. The van der Waals surface area contributed by atoms with Gasteiger partial charge in [-0.3, -0.25) is 9.59 Å². The lowest BCUT2D eigenvalue weighted by Gasteiger charge is -2.38. The first-order chi connectivity index (χ1) is 18.1. The van der Waals surface area contributed by atoms with Gasteiger partial charge in [-0.05, 0) is 78.4 Å². The molecule has 2 N–H and O–H groups in total. The average Bonchev–Trinajstić information content (AvgIpc) is 3.25. The predicted octanol–water partition coefficient (Wildman–Crippen LogP) is 8.78. The minimum Gasteiger partial charge on any atom is -0.355 e. The summed E-state index contributed by atoms with van der Waals surface area (Å²) < 4.78 is 0. The lowest BCUT2D eigenvalue weighted by atomic mass is 9.65. The van der Waals surface area contributed by atoms with E-state index in [4.69, 9.17) is 17.0 Å². The molecule has 3 aromatic carbocycles. The number of rotatable bonds is 8. The number of allylic oxidation sites excluding steroid dienone is 2. The van der Waals surface area contributed by atoms with Gasteiger partial charge in [0.1, 0.15) is 0 Å². The number of benzene rings is 3. The highest BCUT2D eigenvalue weighted by Gasteiger charge is 2.39. The number of H-pyrrole nitrogens is 1. The smallest absolute Gasteiger partial charge is 0.206 e. The molecule has 4 nitrogen and oxygen atoms in total. The maximum absolute atomic E-state index is 13.7. The summed E-state index contributed by atoms with van der Waals surface area (Å²) in [4.78, 5) is 31.2. The Labute approximate surface area is 232 Å². The van der Waals surface area contributed by atoms with Gasteiger partial charge in [0.25, 0.3) is 0 Å². The van der Waals surface area contributed by atoms with E-state index >= 15 is 0 Å². The number of thioether (sulfide) groups is 1. The van der Waals surface area contributed by atoms with Gasteiger partial charge in [-0.1, -0.05) is 44.5 Å². The quantitative estimate of drug-likeness (QED) is 0.101. The van der Waals surface area contributed by atoms with Crippen LogP contribution in [0.15, 0.2) is 77.7 Å². The molecule has 0 amide bonds. The number of aromatic amines is 1. The Bertz CT molecular complexity index is 1580. The van der Waals surface area contributed by atoms with Crippen molar-refractivity contribution in [3.63, 3.8) is 0 Å². The van der Waals surface area contributed by atoms with Crippen molar-refractivity contribution in [2.24, 2.45) is 17.3 Å². The Hall–Kier alpha value is -3.15. The van der Waals surface area contributed by atoms with Crippen molar-refractivity contribution >= 4 is 62.4 Å². The number of aromatic nitrogens is 1. The molecule has 0 spiro atoms. The van der Waals surface area contributed by atoms with Crippen LogP contribution >= 0.6 is 23.4 Å². The zero-order chi connectivity index (χ0) is 27.0. The summed E-state index contributed by atoms with van der Waals surface area (Å²) in [7, 11) is 0. The van der Waals surface area contributed by atoms with Crippen molar-refractivity contribution in [3.8, 4) is 0 Å². The summed E-state index contributed by atoms with van der Waals surface area (Å²) in [5.41, 5.74) is 2.90. The summed E-state index contributed by atoms with van der Waals surface area (Å²) in [6.45, 7) is 6.42. The molecular weight excluding hydrogens is 512 g/mol. The van der Waals surface area contributed by atoms with Crippen LogP contribution in [-0.2, 0) is 0 Å². The van der Waals surface area contributed by atoms with Crippen molar-refractivity contribution in [1.29, 1.82) is 5.41 Å². The van der Waals surface area contributed by atoms with E-state index in [9.17, 15) is 9.59 Å². The number of hydrogen-bond acceptors (Lipinski definition) is 4. The van der Waals surface area contributed by atoms with Crippen molar-refractivity contribution in [3.05, 3.63) is 89.0 Å². The number of carbonyl (C=O) groups excluding carboxylic acids is 2. The van der Waals surface area contributed by atoms with Gasteiger partial charge in [-0.25, -0.2) is 0 Å². The third kappa shape index (κ3) is 5.23. The Balaban J connectivity index is 1.37. The second-order valence-electron chi connectivity index (χ2n) is 10.8. The van der Waals surface area contributed by atoms with Crippen LogP contribution in [0.2, 0.25) is 5.02 Å². The van der Waals surface area contributed by atoms with Crippen LogP contribution in [0, 0.1) is 22.7 Å². The number of hydrogen-bond donors (Lipinski definition) is 2. The van der Waals surface area contributed by atoms with E-state index in [0.29, 0.717) is 28.3 Å². The fourth-order valence-corrected chi connectivity index (χ4v) is 6.61. The molecule has 1 heterocycles. The molecule has 2 atom stereocenters. The van der Waals surface area contributed by atoms with E-state index < -0.39 is 0 Å². The van der Waals surface area contributed by atoms with Crippen LogP contribution in [0.5, 0.6) is 0 Å². The third-order valence-electron chi connectivity index (χ3n) is 7.56. The molecule has 0 bridgehead atoms. The molecule has 4 aromatic rings. The Morgan fingerprint density at radius 3 is 2.29 bits per heavy atom. The topological polar surface area (TPSA) is 73.8 Å². The number of carbonyl (C=O) groups is 2. The van der Waals surface area contributed by atoms with Gasteiger partial charge in [-0.15, -0.1) is 11.8 Å². The first-order valence-electron chi connectivity index (χ1n) is 12.9. The van der Waals surface area contributed by atoms with Gasteiger partial charge in [0.05, 0.1) is 5.71 Å². The number of ketones is 2. The van der Waals surface area contributed by atoms with Gasteiger partial charge in [-0.2, -0.15) is 0 Å². The van der Waals surface area contributed by atoms with E-state index in [0.717, 1.165) is 33.1 Å². The average molecular weight is 543 g/mol. The van der Waals surface area contributed by atoms with E-state index in [-0.39, 0.29) is 34.5 Å². The fourth-order valence-electron chi connectivity index (χ4n) is 5.62. The van der Waals surface area contributed by atoms with Crippen LogP contribution in [-0.4, -0.2) is 28.0 Å². The molecule has 1 aliphatic carbocycles. The van der Waals surface area contributed by atoms with Crippen LogP contribution in [0.25, 0.3) is 21.8 Å². The summed E-state index contributed by atoms with van der Waals surface area (Å²) in [5, 5.41) is 10.9. The van der Waals surface area contributed by atoms with Crippen molar-refractivity contribution in [1.82, 2.24) is 4.98 Å². The van der Waals surface area contributed by atoms with Crippen LogP contribution < -0.4 is 0 Å². The summed E-state index contributed by atoms with van der Waals surface area (Å²) in [6.07, 6.45) is 5.63. The Morgan fingerprint density at radius 1 is 1.00 bits per heavy atom. The lowest BCUT2D eigenvalue weighted by molar-refractivity contribution is 0.0751. The van der Waals surface area contributed by atoms with E-state index in [1.54, 1.807) is 17.8 Å². The first kappa shape index (κ1) is 26.5. The molecule has 0 saturated heterocycles. The van der Waals surface area contributed by atoms with Crippen LogP contribution in [0.4, 0.5) is 0 Å². The monoisotopic (exact) mass is 542 g/mol. The highest BCUT2D eigenvalue weighted by Crippen LogP contribution is 2.42. The third-order valence-corrected chi connectivity index (χ3v) is 8.83. The van der Waals surface area contributed by atoms with Crippen LogP contribution in [0.3, 0.4) is 0 Å². The molecular formula is C32H31ClN2O2S. The normalized spacial score (nSPS) is 18.6. The van der Waals surface area contributed by atoms with Crippen molar-refractivity contribution in [2.75, 3.05) is 5.75 Å². The number of fused-ring (bicyclic) bond motifs is 3. The zero-order valence-electron chi connectivity index (χ0n) is 21.8. The summed E-state index contributed by atoms with van der Waals surface area (Å²) >= 11 is 7.54. The molecule has 0 saturated carbocycles. The summed E-state index contributed by atoms with van der Waals surface area (Å²) in [5.74, 6) is 0.718. The van der Waals surface area contributed by atoms with Gasteiger partial charge >= 0.3 is 0 Å². The van der Waals surface area contributed by atoms with Crippen molar-refractivity contribution in [2.45, 2.75) is 38.5 Å². The highest BCUT2D eigenvalue weighted by molar-refractivity contribution is 7.99. The van der Waals surface area contributed by atoms with Gasteiger partial charge < -0.3 is 10.4 Å². The van der Waals surface area contributed by atoms with E-state index in [2.05, 4.69) is 37.9 Å². The van der Waals surface area contributed by atoms with Gasteiger partial charge in [0.15, 0.2) is 5.78 Å². The van der Waals surface area contributed by atoms with E-state index in [1.807, 2.05) is 54.6 Å². The summed E-state index contributed by atoms with van der Waals surface area (Å²) in [6, 6.07) is 18.9. The fraction of sp³-hybridized carbons (Fsp3) is 0.281. The van der Waals surface area contributed by atoms with Gasteiger partial charge in [0.2, 0.25) is 5.78 Å². The largest absolute Gasteiger partial charge is 0.355 e. The molecule has 6 heteroatoms. The zero-order valence-corrected chi connectivity index (χ0v) is 23.4. The maximum Gasteiger partial charge on any atom is 0.206 e. The first-order valence-corrected chi connectivity index (χ1v) is 14.3. The number of Topliss-reactive ketones (excluding diaryl/α,β-unsaturated/α-hetero) is 2. The molecule has 0 aliphatic heterocycles. The highest BCUT2D eigenvalue weighted by atomic mass is 35.5. The predicted molar refractivity (Wildman–Crippen MR) is 159 cm³/mol. The second-order valence-corrected chi connectivity index (χ2v) is 12.4. The SMILES string of the molecule is CC1CC=CC(C)(C)C1C(=O)c1ccc2[nH]c3ccc(C(=O)C(=N)CCSc4ccc(Cl)cc4)cc3c2c1. The number of nitrogens with one attached hydrogen (secondary N) is 2. The molecule has 194 valence electrons.